The van der Waals surface area contributed by atoms with Crippen LogP contribution in [-0.2, 0) is 9.53 Å². The van der Waals surface area contributed by atoms with E-state index >= 15 is 0 Å². The molecule has 108 valence electrons. The topological polar surface area (TPSA) is 75.6 Å². The first kappa shape index (κ1) is 14.5. The van der Waals surface area contributed by atoms with Crippen LogP contribution in [0.1, 0.15) is 34.3 Å². The Morgan fingerprint density at radius 3 is 2.50 bits per heavy atom. The predicted molar refractivity (Wildman–Crippen MR) is 73.8 cm³/mol. The summed E-state index contributed by atoms with van der Waals surface area (Å²) in [4.78, 5) is 23.0. The van der Waals surface area contributed by atoms with Gasteiger partial charge in [-0.2, -0.15) is 0 Å². The lowest BCUT2D eigenvalue weighted by Gasteiger charge is -2.14. The largest absolute Gasteiger partial charge is 0.479 e. The van der Waals surface area contributed by atoms with Crippen molar-refractivity contribution < 1.29 is 19.4 Å². The van der Waals surface area contributed by atoms with Crippen LogP contribution in [0.5, 0.6) is 0 Å². The van der Waals surface area contributed by atoms with E-state index in [1.165, 1.54) is 0 Å². The molecule has 0 spiro atoms. The molecule has 2 unspecified atom stereocenters. The van der Waals surface area contributed by atoms with Crippen LogP contribution in [0.2, 0.25) is 0 Å². The van der Waals surface area contributed by atoms with E-state index in [0.717, 1.165) is 11.1 Å². The van der Waals surface area contributed by atoms with E-state index in [2.05, 4.69) is 5.32 Å². The molecule has 5 nitrogen and oxygen atoms in total. The third kappa shape index (κ3) is 3.17. The fraction of sp³-hybridized carbons (Fsp3) is 0.467. The maximum absolute atomic E-state index is 12.2. The number of aliphatic carboxylic acids is 1. The molecule has 1 aromatic rings. The number of ether oxygens (including phenoxy) is 1. The molecular weight excluding hydrogens is 258 g/mol. The number of carbonyl (C=O) groups excluding carboxylic acids is 1. The van der Waals surface area contributed by atoms with Gasteiger partial charge in [-0.25, -0.2) is 4.79 Å². The van der Waals surface area contributed by atoms with Crippen molar-refractivity contribution >= 4 is 11.9 Å². The van der Waals surface area contributed by atoms with Gasteiger partial charge in [0.25, 0.3) is 5.91 Å². The molecule has 1 heterocycles. The molecule has 0 bridgehead atoms. The lowest BCUT2D eigenvalue weighted by atomic mass is 10.0. The highest BCUT2D eigenvalue weighted by Crippen LogP contribution is 2.19. The second-order valence-electron chi connectivity index (χ2n) is 5.14. The van der Waals surface area contributed by atoms with Crippen LogP contribution in [0, 0.1) is 13.8 Å². The van der Waals surface area contributed by atoms with Gasteiger partial charge in [0.15, 0.2) is 6.10 Å². The number of amides is 1. The summed E-state index contributed by atoms with van der Waals surface area (Å²) in [6, 6.07) is 5.71. The number of hydrogen-bond donors (Lipinski definition) is 2. The SMILES string of the molecule is Cc1cccc(C)c1C(=O)NCC1CCC(C(=O)O)O1. The molecule has 1 saturated heterocycles. The van der Waals surface area contributed by atoms with Gasteiger partial charge < -0.3 is 15.2 Å². The van der Waals surface area contributed by atoms with E-state index in [9.17, 15) is 9.59 Å². The molecule has 5 heteroatoms. The average Bonchev–Trinajstić information content (AvgIpc) is 2.85. The Morgan fingerprint density at radius 1 is 1.30 bits per heavy atom. The molecular formula is C15H19NO4. The van der Waals surface area contributed by atoms with E-state index in [-0.39, 0.29) is 12.0 Å². The summed E-state index contributed by atoms with van der Waals surface area (Å²) < 4.78 is 5.36. The van der Waals surface area contributed by atoms with Gasteiger partial charge in [0.2, 0.25) is 0 Å². The van der Waals surface area contributed by atoms with Crippen molar-refractivity contribution in [1.29, 1.82) is 0 Å². The highest BCUT2D eigenvalue weighted by Gasteiger charge is 2.30. The molecule has 1 fully saturated rings. The second kappa shape index (κ2) is 6.05. The Bertz CT molecular complexity index is 506. The summed E-state index contributed by atoms with van der Waals surface area (Å²) in [6.45, 7) is 4.14. The van der Waals surface area contributed by atoms with Gasteiger partial charge in [-0.05, 0) is 37.8 Å². The molecule has 0 aliphatic carbocycles. The van der Waals surface area contributed by atoms with Crippen molar-refractivity contribution in [2.45, 2.75) is 38.9 Å². The van der Waals surface area contributed by atoms with Crippen molar-refractivity contribution in [2.75, 3.05) is 6.54 Å². The van der Waals surface area contributed by atoms with E-state index in [4.69, 9.17) is 9.84 Å². The van der Waals surface area contributed by atoms with Crippen molar-refractivity contribution in [3.63, 3.8) is 0 Å². The number of aryl methyl sites for hydroxylation is 2. The number of rotatable bonds is 4. The van der Waals surface area contributed by atoms with Gasteiger partial charge in [-0.15, -0.1) is 0 Å². The Labute approximate surface area is 117 Å². The second-order valence-corrected chi connectivity index (χ2v) is 5.14. The molecule has 0 radical (unpaired) electrons. The molecule has 1 aromatic carbocycles. The predicted octanol–water partition coefficient (Wildman–Crippen LogP) is 1.67. The molecule has 2 N–H and O–H groups in total. The Balaban J connectivity index is 1.92. The van der Waals surface area contributed by atoms with Crippen molar-refractivity contribution in [3.8, 4) is 0 Å². The minimum absolute atomic E-state index is 0.136. The van der Waals surface area contributed by atoms with Crippen molar-refractivity contribution in [2.24, 2.45) is 0 Å². The van der Waals surface area contributed by atoms with Crippen LogP contribution in [0.25, 0.3) is 0 Å². The first-order chi connectivity index (χ1) is 9.49. The Hall–Kier alpha value is -1.88. The average molecular weight is 277 g/mol. The normalized spacial score (nSPS) is 21.7. The summed E-state index contributed by atoms with van der Waals surface area (Å²) in [5.74, 6) is -1.07. The van der Waals surface area contributed by atoms with Crippen molar-refractivity contribution in [3.05, 3.63) is 34.9 Å². The standard InChI is InChI=1S/C15H19NO4/c1-9-4-3-5-10(2)13(9)14(17)16-8-11-6-7-12(20-11)15(18)19/h3-5,11-12H,6-8H2,1-2H3,(H,16,17)(H,18,19). The molecule has 0 aromatic heterocycles. The van der Waals surface area contributed by atoms with Crippen LogP contribution in [0.3, 0.4) is 0 Å². The lowest BCUT2D eigenvalue weighted by molar-refractivity contribution is -0.149. The molecule has 1 aliphatic heterocycles. The van der Waals surface area contributed by atoms with E-state index in [0.29, 0.717) is 24.9 Å². The van der Waals surface area contributed by atoms with Gasteiger partial charge in [0.05, 0.1) is 6.10 Å². The number of nitrogens with one attached hydrogen (secondary N) is 1. The third-order valence-electron chi connectivity index (χ3n) is 3.58. The summed E-state index contributed by atoms with van der Waals surface area (Å²) in [7, 11) is 0. The number of hydrogen-bond acceptors (Lipinski definition) is 3. The molecule has 2 rings (SSSR count). The van der Waals surface area contributed by atoms with Gasteiger partial charge in [0.1, 0.15) is 0 Å². The van der Waals surface area contributed by atoms with Crippen LogP contribution < -0.4 is 5.32 Å². The van der Waals surface area contributed by atoms with Gasteiger partial charge in [-0.1, -0.05) is 18.2 Å². The van der Waals surface area contributed by atoms with E-state index in [1.54, 1.807) is 0 Å². The zero-order valence-corrected chi connectivity index (χ0v) is 11.7. The fourth-order valence-corrected chi connectivity index (χ4v) is 2.51. The first-order valence-corrected chi connectivity index (χ1v) is 6.71. The minimum Gasteiger partial charge on any atom is -0.479 e. The number of benzene rings is 1. The first-order valence-electron chi connectivity index (χ1n) is 6.71. The summed E-state index contributed by atoms with van der Waals surface area (Å²) in [5.41, 5.74) is 2.54. The zero-order chi connectivity index (χ0) is 14.7. The number of carbonyl (C=O) groups is 2. The number of carboxylic acids is 1. The maximum Gasteiger partial charge on any atom is 0.332 e. The van der Waals surface area contributed by atoms with Crippen LogP contribution in [-0.4, -0.2) is 35.7 Å². The van der Waals surface area contributed by atoms with Crippen molar-refractivity contribution in [1.82, 2.24) is 5.32 Å². The third-order valence-corrected chi connectivity index (χ3v) is 3.58. The molecule has 20 heavy (non-hydrogen) atoms. The van der Waals surface area contributed by atoms with E-state index < -0.39 is 12.1 Å². The summed E-state index contributed by atoms with van der Waals surface area (Å²) >= 11 is 0. The summed E-state index contributed by atoms with van der Waals surface area (Å²) in [6.07, 6.45) is 0.199. The molecule has 1 aliphatic rings. The summed E-state index contributed by atoms with van der Waals surface area (Å²) in [5, 5.41) is 11.7. The van der Waals surface area contributed by atoms with Gasteiger partial charge in [-0.3, -0.25) is 4.79 Å². The lowest BCUT2D eigenvalue weighted by Crippen LogP contribution is -2.33. The maximum atomic E-state index is 12.2. The van der Waals surface area contributed by atoms with E-state index in [1.807, 2.05) is 32.0 Å². The van der Waals surface area contributed by atoms with Crippen LogP contribution >= 0.6 is 0 Å². The zero-order valence-electron chi connectivity index (χ0n) is 11.7. The molecule has 2 atom stereocenters. The monoisotopic (exact) mass is 277 g/mol. The fourth-order valence-electron chi connectivity index (χ4n) is 2.51. The number of carboxylic acid groups (broad SMARTS) is 1. The molecule has 0 saturated carbocycles. The Kier molecular flexibility index (Phi) is 4.39. The van der Waals surface area contributed by atoms with Crippen LogP contribution in [0.4, 0.5) is 0 Å². The van der Waals surface area contributed by atoms with Gasteiger partial charge in [0, 0.05) is 12.1 Å². The molecule has 1 amide bonds. The quantitative estimate of drug-likeness (QED) is 0.877. The van der Waals surface area contributed by atoms with Crippen LogP contribution in [0.15, 0.2) is 18.2 Å². The highest BCUT2D eigenvalue weighted by molar-refractivity contribution is 5.97. The Morgan fingerprint density at radius 2 is 1.95 bits per heavy atom. The van der Waals surface area contributed by atoms with Gasteiger partial charge >= 0.3 is 5.97 Å². The highest BCUT2D eigenvalue weighted by atomic mass is 16.5. The smallest absolute Gasteiger partial charge is 0.332 e. The minimum atomic E-state index is -0.937.